The van der Waals surface area contributed by atoms with E-state index < -0.39 is 5.38 Å². The quantitative estimate of drug-likeness (QED) is 0.402. The van der Waals surface area contributed by atoms with E-state index in [4.69, 9.17) is 11.6 Å². The second kappa shape index (κ2) is 3.67. The van der Waals surface area contributed by atoms with Crippen LogP contribution in [0.4, 0.5) is 4.39 Å². The Balaban J connectivity index is 3.81. The third kappa shape index (κ3) is 2.12. The molecule has 0 N–H and O–H groups in total. The van der Waals surface area contributed by atoms with Crippen molar-refractivity contribution in [3.05, 3.63) is 24.6 Å². The lowest BCUT2D eigenvalue weighted by atomic mass is 10.3. The SMILES string of the molecule is C=CC(Cl)/C(F)=C/C. The predicted molar refractivity (Wildman–Crippen MR) is 34.7 cm³/mol. The van der Waals surface area contributed by atoms with Gasteiger partial charge in [0.15, 0.2) is 0 Å². The summed E-state index contributed by atoms with van der Waals surface area (Å²) in [6.45, 7) is 4.91. The molecule has 0 spiro atoms. The summed E-state index contributed by atoms with van der Waals surface area (Å²) in [5.41, 5.74) is 0. The molecule has 0 amide bonds. The van der Waals surface area contributed by atoms with E-state index in [1.807, 2.05) is 0 Å². The zero-order valence-electron chi connectivity index (χ0n) is 4.70. The summed E-state index contributed by atoms with van der Waals surface area (Å²) >= 11 is 5.35. The van der Waals surface area contributed by atoms with Crippen molar-refractivity contribution >= 4 is 11.6 Å². The first-order chi connectivity index (χ1) is 3.72. The van der Waals surface area contributed by atoms with Crippen molar-refractivity contribution in [3.8, 4) is 0 Å². The third-order valence-corrected chi connectivity index (χ3v) is 1.13. The first kappa shape index (κ1) is 7.70. The van der Waals surface area contributed by atoms with E-state index in [1.165, 1.54) is 12.2 Å². The molecule has 0 rings (SSSR count). The first-order valence-electron chi connectivity index (χ1n) is 2.30. The van der Waals surface area contributed by atoms with Crippen LogP contribution in [0.25, 0.3) is 0 Å². The van der Waals surface area contributed by atoms with E-state index in [9.17, 15) is 4.39 Å². The van der Waals surface area contributed by atoms with Crippen LogP contribution in [0.15, 0.2) is 24.6 Å². The van der Waals surface area contributed by atoms with Crippen molar-refractivity contribution in [2.75, 3.05) is 0 Å². The fourth-order valence-corrected chi connectivity index (χ4v) is 0.398. The van der Waals surface area contributed by atoms with Gasteiger partial charge in [-0.1, -0.05) is 12.2 Å². The topological polar surface area (TPSA) is 0 Å². The average molecular weight is 135 g/mol. The molecular formula is C6H8ClF. The minimum Gasteiger partial charge on any atom is -0.210 e. The molecule has 0 radical (unpaired) electrons. The second-order valence-electron chi connectivity index (χ2n) is 1.31. The normalized spacial score (nSPS) is 15.6. The summed E-state index contributed by atoms with van der Waals surface area (Å²) in [6, 6.07) is 0. The van der Waals surface area contributed by atoms with Crippen LogP contribution in [0.3, 0.4) is 0 Å². The summed E-state index contributed by atoms with van der Waals surface area (Å²) in [7, 11) is 0. The molecular weight excluding hydrogens is 127 g/mol. The van der Waals surface area contributed by atoms with Gasteiger partial charge in [-0.3, -0.25) is 0 Å². The van der Waals surface area contributed by atoms with Crippen LogP contribution in [0.5, 0.6) is 0 Å². The van der Waals surface area contributed by atoms with E-state index in [0.29, 0.717) is 0 Å². The van der Waals surface area contributed by atoms with Gasteiger partial charge < -0.3 is 0 Å². The lowest BCUT2D eigenvalue weighted by Gasteiger charge is -1.95. The van der Waals surface area contributed by atoms with Crippen molar-refractivity contribution in [1.82, 2.24) is 0 Å². The van der Waals surface area contributed by atoms with Crippen molar-refractivity contribution in [2.24, 2.45) is 0 Å². The molecule has 0 fully saturated rings. The van der Waals surface area contributed by atoms with Gasteiger partial charge in [-0.15, -0.1) is 18.2 Å². The Bertz CT molecular complexity index is 107. The molecule has 0 aromatic rings. The minimum absolute atomic E-state index is 0.346. The predicted octanol–water partition coefficient (Wildman–Crippen LogP) is 2.65. The van der Waals surface area contributed by atoms with Crippen molar-refractivity contribution in [1.29, 1.82) is 0 Å². The highest BCUT2D eigenvalue weighted by Gasteiger charge is 2.01. The van der Waals surface area contributed by atoms with E-state index in [0.717, 1.165) is 0 Å². The smallest absolute Gasteiger partial charge is 0.117 e. The van der Waals surface area contributed by atoms with E-state index in [1.54, 1.807) is 6.92 Å². The number of halogens is 2. The van der Waals surface area contributed by atoms with Crippen molar-refractivity contribution in [3.63, 3.8) is 0 Å². The molecule has 0 aliphatic carbocycles. The average Bonchev–Trinajstić information content (AvgIpc) is 1.84. The fourth-order valence-electron chi connectivity index (χ4n) is 0.272. The minimum atomic E-state index is -0.653. The number of allylic oxidation sites excluding steroid dienone is 3. The Morgan fingerprint density at radius 1 is 1.88 bits per heavy atom. The van der Waals surface area contributed by atoms with Gasteiger partial charge in [-0.2, -0.15) is 0 Å². The number of alkyl halides is 1. The van der Waals surface area contributed by atoms with Crippen LogP contribution in [-0.2, 0) is 0 Å². The fraction of sp³-hybridized carbons (Fsp3) is 0.333. The van der Waals surface area contributed by atoms with E-state index >= 15 is 0 Å². The molecule has 0 heterocycles. The molecule has 0 nitrogen and oxygen atoms in total. The Morgan fingerprint density at radius 3 is 2.50 bits per heavy atom. The van der Waals surface area contributed by atoms with Crippen LogP contribution in [-0.4, -0.2) is 5.38 Å². The third-order valence-electron chi connectivity index (χ3n) is 0.746. The molecule has 1 atom stereocenters. The zero-order chi connectivity index (χ0) is 6.57. The van der Waals surface area contributed by atoms with Gasteiger partial charge in [-0.25, -0.2) is 4.39 Å². The van der Waals surface area contributed by atoms with Gasteiger partial charge in [0.05, 0.1) is 0 Å². The molecule has 0 aromatic heterocycles. The highest BCUT2D eigenvalue weighted by atomic mass is 35.5. The number of hydrogen-bond donors (Lipinski definition) is 0. The maximum atomic E-state index is 12.2. The van der Waals surface area contributed by atoms with E-state index in [-0.39, 0.29) is 5.83 Å². The Morgan fingerprint density at radius 2 is 2.38 bits per heavy atom. The van der Waals surface area contributed by atoms with E-state index in [2.05, 4.69) is 6.58 Å². The molecule has 1 unspecified atom stereocenters. The van der Waals surface area contributed by atoms with Crippen LogP contribution in [0.1, 0.15) is 6.92 Å². The number of rotatable bonds is 2. The summed E-state index contributed by atoms with van der Waals surface area (Å²) < 4.78 is 12.2. The summed E-state index contributed by atoms with van der Waals surface area (Å²) in [4.78, 5) is 0. The summed E-state index contributed by atoms with van der Waals surface area (Å²) in [5.74, 6) is -0.346. The molecule has 0 aliphatic rings. The molecule has 8 heavy (non-hydrogen) atoms. The maximum Gasteiger partial charge on any atom is 0.117 e. The second-order valence-corrected chi connectivity index (χ2v) is 1.78. The standard InChI is InChI=1S/C6H8ClF/c1-3-5(7)6(8)4-2/h3-5H,1H2,2H3/b6-4-. The maximum absolute atomic E-state index is 12.2. The van der Waals surface area contributed by atoms with Gasteiger partial charge in [0.2, 0.25) is 0 Å². The molecule has 0 aromatic carbocycles. The lowest BCUT2D eigenvalue weighted by molar-refractivity contribution is 0.618. The Hall–Kier alpha value is -0.300. The van der Waals surface area contributed by atoms with Crippen LogP contribution < -0.4 is 0 Å². The monoisotopic (exact) mass is 134 g/mol. The van der Waals surface area contributed by atoms with Gasteiger partial charge in [0, 0.05) is 0 Å². The van der Waals surface area contributed by atoms with Crippen LogP contribution >= 0.6 is 11.6 Å². The first-order valence-corrected chi connectivity index (χ1v) is 2.74. The molecule has 2 heteroatoms. The summed E-state index contributed by atoms with van der Waals surface area (Å²) in [5, 5.41) is -0.653. The highest BCUT2D eigenvalue weighted by molar-refractivity contribution is 6.23. The van der Waals surface area contributed by atoms with Gasteiger partial charge in [0.1, 0.15) is 11.2 Å². The van der Waals surface area contributed by atoms with Crippen molar-refractivity contribution < 1.29 is 4.39 Å². The molecule has 0 aliphatic heterocycles. The van der Waals surface area contributed by atoms with Gasteiger partial charge >= 0.3 is 0 Å². The summed E-state index contributed by atoms with van der Waals surface area (Å²) in [6.07, 6.45) is 2.66. The van der Waals surface area contributed by atoms with Crippen molar-refractivity contribution in [2.45, 2.75) is 12.3 Å². The van der Waals surface area contributed by atoms with Gasteiger partial charge in [-0.05, 0) is 6.92 Å². The van der Waals surface area contributed by atoms with Gasteiger partial charge in [0.25, 0.3) is 0 Å². The highest BCUT2D eigenvalue weighted by Crippen LogP contribution is 2.10. The zero-order valence-corrected chi connectivity index (χ0v) is 5.45. The molecule has 46 valence electrons. The number of hydrogen-bond acceptors (Lipinski definition) is 0. The van der Waals surface area contributed by atoms with Crippen LogP contribution in [0.2, 0.25) is 0 Å². The van der Waals surface area contributed by atoms with Crippen LogP contribution in [0, 0.1) is 0 Å². The Labute approximate surface area is 53.7 Å². The largest absolute Gasteiger partial charge is 0.210 e. The Kier molecular flexibility index (Phi) is 3.53. The molecule has 0 bridgehead atoms. The lowest BCUT2D eigenvalue weighted by Crippen LogP contribution is -1.90. The molecule has 0 saturated carbocycles. The molecule has 0 saturated heterocycles.